The molecular weight excluding hydrogens is 238 g/mol. The van der Waals surface area contributed by atoms with Crippen LogP contribution >= 0.6 is 11.6 Å². The van der Waals surface area contributed by atoms with E-state index in [0.717, 1.165) is 30.6 Å². The monoisotopic (exact) mass is 251 g/mol. The van der Waals surface area contributed by atoms with Gasteiger partial charge in [-0.15, -0.1) is 0 Å². The second kappa shape index (κ2) is 4.80. The van der Waals surface area contributed by atoms with Crippen molar-refractivity contribution in [3.8, 4) is 0 Å². The predicted molar refractivity (Wildman–Crippen MR) is 68.9 cm³/mol. The standard InChI is InChI=1S/C13H14ClNO2/c1-9(14)8-15-6-2-3-10-7-11(13(16)17)4-5-12(10)15/h4-5,7H,1-3,6,8H2,(H,16,17). The predicted octanol–water partition coefficient (Wildman–Crippen LogP) is 2.89. The van der Waals surface area contributed by atoms with Crippen molar-refractivity contribution in [1.29, 1.82) is 0 Å². The average molecular weight is 252 g/mol. The average Bonchev–Trinajstić information content (AvgIpc) is 2.28. The lowest BCUT2D eigenvalue weighted by Crippen LogP contribution is -2.30. The third-order valence-corrected chi connectivity index (χ3v) is 3.02. The number of hydrogen-bond donors (Lipinski definition) is 1. The SMILES string of the molecule is C=C(Cl)CN1CCCc2cc(C(=O)O)ccc21. The fraction of sp³-hybridized carbons (Fsp3) is 0.308. The molecule has 17 heavy (non-hydrogen) atoms. The van der Waals surface area contributed by atoms with Crippen LogP contribution in [0.25, 0.3) is 0 Å². The van der Waals surface area contributed by atoms with Gasteiger partial charge in [0.1, 0.15) is 0 Å². The van der Waals surface area contributed by atoms with Crippen molar-refractivity contribution in [2.45, 2.75) is 12.8 Å². The van der Waals surface area contributed by atoms with Gasteiger partial charge >= 0.3 is 5.97 Å². The van der Waals surface area contributed by atoms with E-state index in [0.29, 0.717) is 17.1 Å². The number of anilines is 1. The summed E-state index contributed by atoms with van der Waals surface area (Å²) in [6.45, 7) is 5.25. The molecule has 0 aliphatic carbocycles. The van der Waals surface area contributed by atoms with Gasteiger partial charge in [-0.05, 0) is 36.6 Å². The fourth-order valence-electron chi connectivity index (χ4n) is 2.18. The molecule has 0 fully saturated rings. The van der Waals surface area contributed by atoms with Crippen LogP contribution in [0.1, 0.15) is 22.3 Å². The third-order valence-electron chi connectivity index (χ3n) is 2.90. The van der Waals surface area contributed by atoms with Crippen LogP contribution in [0.5, 0.6) is 0 Å². The number of nitrogens with zero attached hydrogens (tertiary/aromatic N) is 1. The summed E-state index contributed by atoms with van der Waals surface area (Å²) in [6, 6.07) is 5.25. The summed E-state index contributed by atoms with van der Waals surface area (Å²) in [5.41, 5.74) is 2.49. The van der Waals surface area contributed by atoms with Crippen LogP contribution in [0.4, 0.5) is 5.69 Å². The molecule has 0 atom stereocenters. The van der Waals surface area contributed by atoms with Crippen LogP contribution in [0.2, 0.25) is 0 Å². The summed E-state index contributed by atoms with van der Waals surface area (Å²) in [5, 5.41) is 9.55. The molecule has 3 nitrogen and oxygen atoms in total. The molecule has 0 saturated heterocycles. The fourth-order valence-corrected chi connectivity index (χ4v) is 2.32. The van der Waals surface area contributed by atoms with Crippen molar-refractivity contribution < 1.29 is 9.90 Å². The van der Waals surface area contributed by atoms with Gasteiger partial charge in [0.05, 0.1) is 12.1 Å². The second-order valence-electron chi connectivity index (χ2n) is 4.19. The lowest BCUT2D eigenvalue weighted by Gasteiger charge is -2.31. The molecule has 1 aliphatic heterocycles. The minimum atomic E-state index is -0.883. The highest BCUT2D eigenvalue weighted by atomic mass is 35.5. The first-order valence-corrected chi connectivity index (χ1v) is 5.90. The molecule has 2 rings (SSSR count). The highest BCUT2D eigenvalue weighted by molar-refractivity contribution is 6.29. The van der Waals surface area contributed by atoms with E-state index in [2.05, 4.69) is 11.5 Å². The summed E-state index contributed by atoms with van der Waals surface area (Å²) in [6.07, 6.45) is 1.93. The first-order chi connectivity index (χ1) is 8.08. The minimum Gasteiger partial charge on any atom is -0.478 e. The molecule has 1 aliphatic rings. The quantitative estimate of drug-likeness (QED) is 0.898. The van der Waals surface area contributed by atoms with E-state index in [9.17, 15) is 4.79 Å². The Balaban J connectivity index is 2.33. The molecule has 1 heterocycles. The molecule has 0 amide bonds. The number of aromatic carboxylic acids is 1. The molecule has 4 heteroatoms. The Kier molecular flexibility index (Phi) is 3.38. The Morgan fingerprint density at radius 1 is 1.53 bits per heavy atom. The van der Waals surface area contributed by atoms with Crippen molar-refractivity contribution in [1.82, 2.24) is 0 Å². The number of rotatable bonds is 3. The topological polar surface area (TPSA) is 40.5 Å². The van der Waals surface area contributed by atoms with E-state index in [1.54, 1.807) is 12.1 Å². The van der Waals surface area contributed by atoms with Gasteiger partial charge < -0.3 is 10.0 Å². The molecule has 0 unspecified atom stereocenters. The maximum absolute atomic E-state index is 10.9. The van der Waals surface area contributed by atoms with Gasteiger partial charge in [0.25, 0.3) is 0 Å². The second-order valence-corrected chi connectivity index (χ2v) is 4.73. The van der Waals surface area contributed by atoms with Crippen LogP contribution < -0.4 is 4.90 Å². The van der Waals surface area contributed by atoms with Crippen molar-refractivity contribution in [2.75, 3.05) is 18.0 Å². The Bertz CT molecular complexity index is 470. The number of benzene rings is 1. The molecule has 0 radical (unpaired) electrons. The highest BCUT2D eigenvalue weighted by Crippen LogP contribution is 2.28. The molecule has 1 N–H and O–H groups in total. The maximum atomic E-state index is 10.9. The van der Waals surface area contributed by atoms with Crippen LogP contribution in [0.15, 0.2) is 29.8 Å². The Hall–Kier alpha value is -1.48. The smallest absolute Gasteiger partial charge is 0.335 e. The van der Waals surface area contributed by atoms with E-state index in [1.807, 2.05) is 6.07 Å². The Morgan fingerprint density at radius 2 is 2.29 bits per heavy atom. The molecule has 0 bridgehead atoms. The van der Waals surface area contributed by atoms with Gasteiger partial charge in [0.15, 0.2) is 0 Å². The van der Waals surface area contributed by atoms with Crippen LogP contribution in [-0.4, -0.2) is 24.2 Å². The first kappa shape index (κ1) is 12.0. The van der Waals surface area contributed by atoms with Gasteiger partial charge in [-0.3, -0.25) is 0 Å². The summed E-state index contributed by atoms with van der Waals surface area (Å²) in [5.74, 6) is -0.883. The van der Waals surface area contributed by atoms with Crippen molar-refractivity contribution >= 4 is 23.3 Å². The van der Waals surface area contributed by atoms with E-state index in [1.165, 1.54) is 0 Å². The van der Waals surface area contributed by atoms with E-state index >= 15 is 0 Å². The van der Waals surface area contributed by atoms with E-state index < -0.39 is 5.97 Å². The number of fused-ring (bicyclic) bond motifs is 1. The minimum absolute atomic E-state index is 0.343. The van der Waals surface area contributed by atoms with Gasteiger partial charge in [-0.2, -0.15) is 0 Å². The van der Waals surface area contributed by atoms with Gasteiger partial charge in [0, 0.05) is 17.3 Å². The van der Waals surface area contributed by atoms with Crippen molar-refractivity contribution in [3.05, 3.63) is 40.9 Å². The van der Waals surface area contributed by atoms with Gasteiger partial charge in [-0.1, -0.05) is 18.2 Å². The molecule has 90 valence electrons. The van der Waals surface area contributed by atoms with Gasteiger partial charge in [-0.25, -0.2) is 4.79 Å². The van der Waals surface area contributed by atoms with Crippen molar-refractivity contribution in [3.63, 3.8) is 0 Å². The summed E-state index contributed by atoms with van der Waals surface area (Å²) in [7, 11) is 0. The first-order valence-electron chi connectivity index (χ1n) is 5.52. The number of hydrogen-bond acceptors (Lipinski definition) is 2. The van der Waals surface area contributed by atoms with E-state index in [-0.39, 0.29) is 0 Å². The van der Waals surface area contributed by atoms with Crippen LogP contribution in [0.3, 0.4) is 0 Å². The molecular formula is C13H14ClNO2. The van der Waals surface area contributed by atoms with Crippen LogP contribution in [-0.2, 0) is 6.42 Å². The summed E-state index contributed by atoms with van der Waals surface area (Å²) < 4.78 is 0. The summed E-state index contributed by atoms with van der Waals surface area (Å²) in [4.78, 5) is 13.0. The zero-order chi connectivity index (χ0) is 12.4. The number of halogens is 1. The summed E-state index contributed by atoms with van der Waals surface area (Å²) >= 11 is 5.83. The number of carboxylic acids is 1. The Labute approximate surface area is 105 Å². The molecule has 0 saturated carbocycles. The molecule has 0 aromatic heterocycles. The van der Waals surface area contributed by atoms with Gasteiger partial charge in [0.2, 0.25) is 0 Å². The largest absolute Gasteiger partial charge is 0.478 e. The number of carboxylic acid groups (broad SMARTS) is 1. The van der Waals surface area contributed by atoms with Crippen LogP contribution in [0, 0.1) is 0 Å². The lowest BCUT2D eigenvalue weighted by atomic mass is 9.99. The molecule has 0 spiro atoms. The van der Waals surface area contributed by atoms with E-state index in [4.69, 9.17) is 16.7 Å². The third kappa shape index (κ3) is 2.61. The normalized spacial score (nSPS) is 14.3. The maximum Gasteiger partial charge on any atom is 0.335 e. The zero-order valence-corrected chi connectivity index (χ0v) is 10.2. The lowest BCUT2D eigenvalue weighted by molar-refractivity contribution is 0.0697. The molecule has 1 aromatic carbocycles. The zero-order valence-electron chi connectivity index (χ0n) is 9.45. The molecule has 1 aromatic rings. The van der Waals surface area contributed by atoms with Crippen molar-refractivity contribution in [2.24, 2.45) is 0 Å². The number of aryl methyl sites for hydroxylation is 1. The highest BCUT2D eigenvalue weighted by Gasteiger charge is 2.18. The Morgan fingerprint density at radius 3 is 2.94 bits per heavy atom. The number of carbonyl (C=O) groups is 1.